The van der Waals surface area contributed by atoms with E-state index in [-0.39, 0.29) is 0 Å². The largest absolute Gasteiger partial charge is 0.378 e. The van der Waals surface area contributed by atoms with Gasteiger partial charge in [0.15, 0.2) is 0 Å². The minimum atomic E-state index is 0.681. The van der Waals surface area contributed by atoms with Crippen LogP contribution in [0.3, 0.4) is 0 Å². The summed E-state index contributed by atoms with van der Waals surface area (Å²) in [6, 6.07) is 0. The minimum absolute atomic E-state index is 0.681. The van der Waals surface area contributed by atoms with Crippen molar-refractivity contribution in [3.05, 3.63) is 0 Å². The molecule has 8 heteroatoms. The third-order valence-electron chi connectivity index (χ3n) is 8.67. The van der Waals surface area contributed by atoms with Crippen LogP contribution < -0.4 is 0 Å². The van der Waals surface area contributed by atoms with Crippen LogP contribution in [0.25, 0.3) is 0 Å². The van der Waals surface area contributed by atoms with Gasteiger partial charge in [0.2, 0.25) is 0 Å². The Morgan fingerprint density at radius 2 is 0.523 bits per heavy atom. The Balaban J connectivity index is 2.13. The van der Waals surface area contributed by atoms with Gasteiger partial charge in [-0.1, -0.05) is 135 Å². The molecule has 1 saturated heterocycles. The standard InChI is InChI=1S/C36H72Br2N2O4/c37-21-17-13-9-5-1-3-7-11-15-19-23-39-25-29-41-33-35-43-31-27-40(28-32-44-36-34-42-30-26-39)24-20-16-12-8-4-2-6-10-14-18-22-38/h1-36H2. The average Bonchev–Trinajstić information content (AvgIpc) is 3.03. The van der Waals surface area contributed by atoms with E-state index in [4.69, 9.17) is 18.9 Å². The highest BCUT2D eigenvalue weighted by Gasteiger charge is 2.08. The third kappa shape index (κ3) is 31.3. The molecule has 264 valence electrons. The molecular formula is C36H72Br2N2O4. The molecule has 1 rings (SSSR count). The van der Waals surface area contributed by atoms with Crippen LogP contribution in [0.1, 0.15) is 128 Å². The predicted octanol–water partition coefficient (Wildman–Crippen LogP) is 9.26. The monoisotopic (exact) mass is 754 g/mol. The van der Waals surface area contributed by atoms with Crippen LogP contribution in [0.4, 0.5) is 0 Å². The predicted molar refractivity (Wildman–Crippen MR) is 196 cm³/mol. The number of halogens is 2. The molecular weight excluding hydrogens is 684 g/mol. The lowest BCUT2D eigenvalue weighted by Gasteiger charge is -2.23. The molecule has 0 atom stereocenters. The van der Waals surface area contributed by atoms with E-state index >= 15 is 0 Å². The molecule has 0 amide bonds. The van der Waals surface area contributed by atoms with Gasteiger partial charge >= 0.3 is 0 Å². The second kappa shape index (κ2) is 36.6. The number of hydrogen-bond acceptors (Lipinski definition) is 6. The van der Waals surface area contributed by atoms with Gasteiger partial charge in [0.1, 0.15) is 0 Å². The summed E-state index contributed by atoms with van der Waals surface area (Å²) in [6.45, 7) is 12.0. The quantitative estimate of drug-likeness (QED) is 0.0723. The summed E-state index contributed by atoms with van der Waals surface area (Å²) in [6.07, 6.45) is 27.4. The first-order valence-electron chi connectivity index (χ1n) is 18.7. The highest BCUT2D eigenvalue weighted by atomic mass is 79.9. The molecule has 0 bridgehead atoms. The normalized spacial score (nSPS) is 17.9. The van der Waals surface area contributed by atoms with E-state index in [1.807, 2.05) is 0 Å². The maximum atomic E-state index is 5.94. The van der Waals surface area contributed by atoms with Crippen LogP contribution in [0, 0.1) is 0 Å². The SMILES string of the molecule is BrCCCCCCCCCCCCN1CCOCCOCCN(CCCCCCCCCCCCBr)CCOCCOCC1. The Kier molecular flexibility index (Phi) is 35.5. The molecule has 6 nitrogen and oxygen atoms in total. The van der Waals surface area contributed by atoms with E-state index in [1.165, 1.54) is 128 Å². The smallest absolute Gasteiger partial charge is 0.0701 e. The van der Waals surface area contributed by atoms with Crippen LogP contribution in [0.15, 0.2) is 0 Å². The van der Waals surface area contributed by atoms with Gasteiger partial charge < -0.3 is 18.9 Å². The van der Waals surface area contributed by atoms with Crippen molar-refractivity contribution in [1.29, 1.82) is 0 Å². The molecule has 0 unspecified atom stereocenters. The van der Waals surface area contributed by atoms with Crippen molar-refractivity contribution in [1.82, 2.24) is 9.80 Å². The van der Waals surface area contributed by atoms with Gasteiger partial charge in [-0.2, -0.15) is 0 Å². The second-order valence-corrected chi connectivity index (χ2v) is 14.2. The van der Waals surface area contributed by atoms with Gasteiger partial charge in [-0.05, 0) is 38.8 Å². The number of hydrogen-bond donors (Lipinski definition) is 0. The van der Waals surface area contributed by atoms with Crippen molar-refractivity contribution in [2.75, 3.05) is 103 Å². The maximum Gasteiger partial charge on any atom is 0.0701 e. The van der Waals surface area contributed by atoms with Crippen molar-refractivity contribution in [2.24, 2.45) is 0 Å². The summed E-state index contributed by atoms with van der Waals surface area (Å²) in [5.41, 5.74) is 0. The number of unbranched alkanes of at least 4 members (excludes halogenated alkanes) is 18. The molecule has 0 aromatic rings. The van der Waals surface area contributed by atoms with Crippen LogP contribution >= 0.6 is 31.9 Å². The molecule has 0 aromatic heterocycles. The van der Waals surface area contributed by atoms with Crippen LogP contribution in [0.2, 0.25) is 0 Å². The van der Waals surface area contributed by atoms with Gasteiger partial charge in [-0.25, -0.2) is 0 Å². The second-order valence-electron chi connectivity index (χ2n) is 12.6. The zero-order valence-corrected chi connectivity index (χ0v) is 31.9. The molecule has 0 aromatic carbocycles. The topological polar surface area (TPSA) is 43.4 Å². The van der Waals surface area contributed by atoms with Crippen LogP contribution in [-0.2, 0) is 18.9 Å². The fourth-order valence-corrected chi connectivity index (χ4v) is 6.57. The Morgan fingerprint density at radius 1 is 0.295 bits per heavy atom. The fourth-order valence-electron chi connectivity index (χ4n) is 5.78. The zero-order chi connectivity index (χ0) is 31.4. The van der Waals surface area contributed by atoms with Crippen molar-refractivity contribution >= 4 is 31.9 Å². The molecule has 0 saturated carbocycles. The van der Waals surface area contributed by atoms with Gasteiger partial charge in [0, 0.05) is 36.8 Å². The molecule has 0 aliphatic carbocycles. The van der Waals surface area contributed by atoms with Crippen molar-refractivity contribution < 1.29 is 18.9 Å². The Labute approximate surface area is 290 Å². The van der Waals surface area contributed by atoms with E-state index in [0.29, 0.717) is 26.4 Å². The van der Waals surface area contributed by atoms with Crippen LogP contribution in [0.5, 0.6) is 0 Å². The molecule has 44 heavy (non-hydrogen) atoms. The molecule has 0 N–H and O–H groups in total. The summed E-state index contributed by atoms with van der Waals surface area (Å²) in [5.74, 6) is 0. The number of rotatable bonds is 24. The molecule has 1 fully saturated rings. The van der Waals surface area contributed by atoms with E-state index < -0.39 is 0 Å². The lowest BCUT2D eigenvalue weighted by atomic mass is 10.1. The van der Waals surface area contributed by atoms with Gasteiger partial charge in [-0.3, -0.25) is 9.80 Å². The summed E-state index contributed by atoms with van der Waals surface area (Å²) in [4.78, 5) is 5.03. The van der Waals surface area contributed by atoms with Gasteiger partial charge in [0.05, 0.1) is 52.9 Å². The van der Waals surface area contributed by atoms with Crippen LogP contribution in [-0.4, -0.2) is 113 Å². The summed E-state index contributed by atoms with van der Waals surface area (Å²) in [5, 5.41) is 2.31. The van der Waals surface area contributed by atoms with E-state index in [2.05, 4.69) is 41.7 Å². The lowest BCUT2D eigenvalue weighted by Crippen LogP contribution is -2.34. The Morgan fingerprint density at radius 3 is 0.773 bits per heavy atom. The highest BCUT2D eigenvalue weighted by molar-refractivity contribution is 9.09. The first-order valence-corrected chi connectivity index (χ1v) is 21.0. The van der Waals surface area contributed by atoms with Gasteiger partial charge in [-0.15, -0.1) is 0 Å². The molecule has 1 aliphatic rings. The molecule has 1 heterocycles. The summed E-state index contributed by atoms with van der Waals surface area (Å²) >= 11 is 7.05. The third-order valence-corrected chi connectivity index (χ3v) is 9.79. The summed E-state index contributed by atoms with van der Waals surface area (Å²) < 4.78 is 23.8. The molecule has 1 aliphatic heterocycles. The van der Waals surface area contributed by atoms with Crippen molar-refractivity contribution in [2.45, 2.75) is 128 Å². The zero-order valence-electron chi connectivity index (χ0n) is 28.7. The van der Waals surface area contributed by atoms with Gasteiger partial charge in [0.25, 0.3) is 0 Å². The Bertz CT molecular complexity index is 484. The number of alkyl halides is 2. The number of ether oxygens (including phenoxy) is 4. The van der Waals surface area contributed by atoms with E-state index in [1.54, 1.807) is 0 Å². The van der Waals surface area contributed by atoms with Crippen molar-refractivity contribution in [3.8, 4) is 0 Å². The molecule has 0 radical (unpaired) electrons. The average molecular weight is 757 g/mol. The summed E-state index contributed by atoms with van der Waals surface area (Å²) in [7, 11) is 0. The first kappa shape index (κ1) is 42.7. The first-order chi connectivity index (χ1) is 21.9. The fraction of sp³-hybridized carbons (Fsp3) is 1.00. The Hall–Kier alpha value is 0.720. The van der Waals surface area contributed by atoms with E-state index in [9.17, 15) is 0 Å². The van der Waals surface area contributed by atoms with Crippen molar-refractivity contribution in [3.63, 3.8) is 0 Å². The minimum Gasteiger partial charge on any atom is -0.378 e. The maximum absolute atomic E-state index is 5.94. The number of nitrogens with zero attached hydrogens (tertiary/aromatic N) is 2. The lowest BCUT2D eigenvalue weighted by molar-refractivity contribution is 0.00776. The molecule has 0 spiro atoms. The van der Waals surface area contributed by atoms with E-state index in [0.717, 1.165) is 76.4 Å². The highest BCUT2D eigenvalue weighted by Crippen LogP contribution is 2.13.